The van der Waals surface area contributed by atoms with Crippen molar-refractivity contribution in [1.29, 1.82) is 0 Å². The van der Waals surface area contributed by atoms with E-state index in [2.05, 4.69) is 31.8 Å². The van der Waals surface area contributed by atoms with E-state index in [9.17, 15) is 0 Å². The van der Waals surface area contributed by atoms with Crippen molar-refractivity contribution in [3.8, 4) is 17.6 Å². The van der Waals surface area contributed by atoms with Crippen LogP contribution in [-0.4, -0.2) is 11.7 Å². The molecular formula is C18H18O2. The first-order valence-electron chi connectivity index (χ1n) is 6.59. The number of rotatable bonds is 3. The second kappa shape index (κ2) is 6.79. The van der Waals surface area contributed by atoms with Crippen LogP contribution < -0.4 is 4.74 Å². The first-order chi connectivity index (χ1) is 9.72. The molecule has 1 N–H and O–H groups in total. The number of benzene rings is 2. The number of aryl methyl sites for hydroxylation is 1. The number of aliphatic hydroxyl groups is 1. The number of hydrogen-bond acceptors (Lipinski definition) is 2. The summed E-state index contributed by atoms with van der Waals surface area (Å²) in [7, 11) is 0. The van der Waals surface area contributed by atoms with E-state index in [1.165, 1.54) is 5.56 Å². The summed E-state index contributed by atoms with van der Waals surface area (Å²) in [4.78, 5) is 0. The van der Waals surface area contributed by atoms with Crippen molar-refractivity contribution in [1.82, 2.24) is 0 Å². The van der Waals surface area contributed by atoms with Gasteiger partial charge in [-0.2, -0.15) is 0 Å². The van der Waals surface area contributed by atoms with Crippen LogP contribution in [-0.2, 0) is 6.61 Å². The Labute approximate surface area is 120 Å². The monoisotopic (exact) mass is 266 g/mol. The average molecular weight is 266 g/mol. The Morgan fingerprint density at radius 1 is 1.05 bits per heavy atom. The zero-order valence-corrected chi connectivity index (χ0v) is 11.8. The average Bonchev–Trinajstić information content (AvgIpc) is 2.47. The highest BCUT2D eigenvalue weighted by Gasteiger charge is 2.04. The van der Waals surface area contributed by atoms with Gasteiger partial charge in [-0.1, -0.05) is 42.2 Å². The molecule has 0 aliphatic carbocycles. The van der Waals surface area contributed by atoms with Crippen LogP contribution in [0.1, 0.15) is 22.3 Å². The quantitative estimate of drug-likeness (QED) is 0.864. The van der Waals surface area contributed by atoms with Crippen LogP contribution in [0.2, 0.25) is 0 Å². The van der Waals surface area contributed by atoms with Crippen molar-refractivity contribution in [3.05, 3.63) is 64.7 Å². The predicted molar refractivity (Wildman–Crippen MR) is 80.7 cm³/mol. The molecule has 0 atom stereocenters. The van der Waals surface area contributed by atoms with E-state index in [-0.39, 0.29) is 6.61 Å². The van der Waals surface area contributed by atoms with Gasteiger partial charge in [-0.25, -0.2) is 0 Å². The third kappa shape index (κ3) is 3.40. The minimum Gasteiger partial charge on any atom is -0.489 e. The maximum Gasteiger partial charge on any atom is 0.122 e. The topological polar surface area (TPSA) is 29.5 Å². The van der Waals surface area contributed by atoms with Crippen LogP contribution >= 0.6 is 0 Å². The Hall–Kier alpha value is -2.24. The summed E-state index contributed by atoms with van der Waals surface area (Å²) in [6.07, 6.45) is 0. The molecule has 102 valence electrons. The standard InChI is InChI=1S/C18H18O2/c1-14-7-5-11-18(15(14)2)20-13-17-9-4-3-8-16(17)10-6-12-19/h3-5,7-9,11,19H,12-13H2,1-2H3. The van der Waals surface area contributed by atoms with E-state index >= 15 is 0 Å². The van der Waals surface area contributed by atoms with E-state index in [1.807, 2.05) is 36.4 Å². The van der Waals surface area contributed by atoms with E-state index in [0.717, 1.165) is 22.4 Å². The summed E-state index contributed by atoms with van der Waals surface area (Å²) in [5.74, 6) is 6.52. The molecule has 20 heavy (non-hydrogen) atoms. The molecule has 0 aromatic heterocycles. The summed E-state index contributed by atoms with van der Waals surface area (Å²) in [5, 5.41) is 8.79. The lowest BCUT2D eigenvalue weighted by atomic mass is 10.1. The molecule has 2 rings (SSSR count). The lowest BCUT2D eigenvalue weighted by Gasteiger charge is -2.11. The fourth-order valence-electron chi connectivity index (χ4n) is 1.94. The second-order valence-corrected chi connectivity index (χ2v) is 4.60. The van der Waals surface area contributed by atoms with Gasteiger partial charge in [0.05, 0.1) is 0 Å². The van der Waals surface area contributed by atoms with Gasteiger partial charge >= 0.3 is 0 Å². The smallest absolute Gasteiger partial charge is 0.122 e. The molecule has 0 aliphatic rings. The largest absolute Gasteiger partial charge is 0.489 e. The van der Waals surface area contributed by atoms with Crippen LogP contribution in [0, 0.1) is 25.7 Å². The second-order valence-electron chi connectivity index (χ2n) is 4.60. The molecule has 0 amide bonds. The van der Waals surface area contributed by atoms with Crippen molar-refractivity contribution in [2.75, 3.05) is 6.61 Å². The van der Waals surface area contributed by atoms with Crippen LogP contribution in [0.25, 0.3) is 0 Å². The Bertz CT molecular complexity index is 648. The van der Waals surface area contributed by atoms with Crippen molar-refractivity contribution in [3.63, 3.8) is 0 Å². The molecule has 0 saturated heterocycles. The summed E-state index contributed by atoms with van der Waals surface area (Å²) in [6.45, 7) is 4.47. The minimum absolute atomic E-state index is 0.133. The number of ether oxygens (including phenoxy) is 1. The Morgan fingerprint density at radius 3 is 2.65 bits per heavy atom. The molecule has 0 heterocycles. The maximum absolute atomic E-state index is 8.79. The number of aliphatic hydroxyl groups excluding tert-OH is 1. The van der Waals surface area contributed by atoms with Gasteiger partial charge < -0.3 is 9.84 Å². The summed E-state index contributed by atoms with van der Waals surface area (Å²) in [5.41, 5.74) is 4.29. The van der Waals surface area contributed by atoms with Gasteiger partial charge in [0.25, 0.3) is 0 Å². The molecule has 2 aromatic rings. The Kier molecular flexibility index (Phi) is 4.81. The van der Waals surface area contributed by atoms with Gasteiger partial charge in [0.15, 0.2) is 0 Å². The molecule has 2 nitrogen and oxygen atoms in total. The molecule has 0 bridgehead atoms. The van der Waals surface area contributed by atoms with Crippen molar-refractivity contribution in [2.24, 2.45) is 0 Å². The SMILES string of the molecule is Cc1cccc(OCc2ccccc2C#CCO)c1C. The summed E-state index contributed by atoms with van der Waals surface area (Å²) in [6, 6.07) is 13.9. The van der Waals surface area contributed by atoms with Crippen molar-refractivity contribution < 1.29 is 9.84 Å². The summed E-state index contributed by atoms with van der Waals surface area (Å²) >= 11 is 0. The molecule has 0 saturated carbocycles. The zero-order chi connectivity index (χ0) is 14.4. The van der Waals surface area contributed by atoms with Gasteiger partial charge in [-0.15, -0.1) is 0 Å². The van der Waals surface area contributed by atoms with Crippen LogP contribution in [0.4, 0.5) is 0 Å². The fraction of sp³-hybridized carbons (Fsp3) is 0.222. The molecular weight excluding hydrogens is 248 g/mol. The number of hydrogen-bond donors (Lipinski definition) is 1. The van der Waals surface area contributed by atoms with Gasteiger partial charge in [0.1, 0.15) is 19.0 Å². The third-order valence-corrected chi connectivity index (χ3v) is 3.26. The minimum atomic E-state index is -0.133. The normalized spacial score (nSPS) is 9.75. The lowest BCUT2D eigenvalue weighted by Crippen LogP contribution is -2.00. The van der Waals surface area contributed by atoms with Crippen LogP contribution in [0.3, 0.4) is 0 Å². The van der Waals surface area contributed by atoms with Crippen molar-refractivity contribution >= 4 is 0 Å². The van der Waals surface area contributed by atoms with E-state index < -0.39 is 0 Å². The van der Waals surface area contributed by atoms with E-state index in [0.29, 0.717) is 6.61 Å². The van der Waals surface area contributed by atoms with Crippen molar-refractivity contribution in [2.45, 2.75) is 20.5 Å². The third-order valence-electron chi connectivity index (χ3n) is 3.26. The maximum atomic E-state index is 8.79. The molecule has 0 fully saturated rings. The van der Waals surface area contributed by atoms with Gasteiger partial charge in [0, 0.05) is 11.1 Å². The first kappa shape index (κ1) is 14.2. The molecule has 0 aliphatic heterocycles. The molecule has 0 spiro atoms. The van der Waals surface area contributed by atoms with Gasteiger partial charge in [0.2, 0.25) is 0 Å². The lowest BCUT2D eigenvalue weighted by molar-refractivity contribution is 0.303. The molecule has 0 radical (unpaired) electrons. The highest BCUT2D eigenvalue weighted by atomic mass is 16.5. The Balaban J connectivity index is 2.17. The highest BCUT2D eigenvalue weighted by Crippen LogP contribution is 2.22. The molecule has 0 unspecified atom stereocenters. The molecule has 2 heteroatoms. The fourth-order valence-corrected chi connectivity index (χ4v) is 1.94. The van der Waals surface area contributed by atoms with E-state index in [4.69, 9.17) is 9.84 Å². The highest BCUT2D eigenvalue weighted by molar-refractivity contribution is 5.42. The van der Waals surface area contributed by atoms with Crippen LogP contribution in [0.15, 0.2) is 42.5 Å². The molecule has 2 aromatic carbocycles. The zero-order valence-electron chi connectivity index (χ0n) is 11.8. The van der Waals surface area contributed by atoms with E-state index in [1.54, 1.807) is 0 Å². The first-order valence-corrected chi connectivity index (χ1v) is 6.59. The van der Waals surface area contributed by atoms with Gasteiger partial charge in [-0.05, 0) is 37.1 Å². The van der Waals surface area contributed by atoms with Crippen LogP contribution in [0.5, 0.6) is 5.75 Å². The Morgan fingerprint density at radius 2 is 1.85 bits per heavy atom. The van der Waals surface area contributed by atoms with Gasteiger partial charge in [-0.3, -0.25) is 0 Å². The predicted octanol–water partition coefficient (Wildman–Crippen LogP) is 3.23. The summed E-state index contributed by atoms with van der Waals surface area (Å²) < 4.78 is 5.89.